The molecule has 0 aliphatic carbocycles. The van der Waals surface area contributed by atoms with Crippen molar-refractivity contribution in [2.45, 2.75) is 19.9 Å². The zero-order valence-corrected chi connectivity index (χ0v) is 19.5. The maximum absolute atomic E-state index is 13.0. The summed E-state index contributed by atoms with van der Waals surface area (Å²) in [7, 11) is 0. The van der Waals surface area contributed by atoms with Gasteiger partial charge in [-0.25, -0.2) is 14.5 Å². The molecular formula is C24H20ClN5O5. The number of halogens is 1. The number of aromatic nitrogens is 3. The number of carbonyl (C=O) groups excluding carboxylic acids is 2. The maximum atomic E-state index is 13.0. The van der Waals surface area contributed by atoms with E-state index in [0.29, 0.717) is 16.7 Å². The third-order valence-corrected chi connectivity index (χ3v) is 5.43. The number of anilines is 1. The van der Waals surface area contributed by atoms with Gasteiger partial charge >= 0.3 is 5.97 Å². The Kier molecular flexibility index (Phi) is 6.74. The molecule has 0 aliphatic heterocycles. The van der Waals surface area contributed by atoms with Gasteiger partial charge in [0.2, 0.25) is 0 Å². The summed E-state index contributed by atoms with van der Waals surface area (Å²) in [6.45, 7) is 3.32. The lowest BCUT2D eigenvalue weighted by Crippen LogP contribution is -2.21. The van der Waals surface area contributed by atoms with Gasteiger partial charge in [-0.1, -0.05) is 41.9 Å². The highest BCUT2D eigenvalue weighted by molar-refractivity contribution is 6.34. The quantitative estimate of drug-likeness (QED) is 0.217. The van der Waals surface area contributed by atoms with E-state index in [0.717, 1.165) is 11.6 Å². The van der Waals surface area contributed by atoms with Crippen LogP contribution in [0.3, 0.4) is 0 Å². The van der Waals surface area contributed by atoms with Crippen LogP contribution in [0.15, 0.2) is 60.8 Å². The van der Waals surface area contributed by atoms with E-state index in [2.05, 4.69) is 10.4 Å². The van der Waals surface area contributed by atoms with E-state index in [4.69, 9.17) is 21.3 Å². The summed E-state index contributed by atoms with van der Waals surface area (Å²) in [4.78, 5) is 40.3. The molecule has 35 heavy (non-hydrogen) atoms. The van der Waals surface area contributed by atoms with E-state index >= 15 is 0 Å². The molecule has 1 N–H and O–H groups in total. The number of hydrogen-bond donors (Lipinski definition) is 1. The SMILES string of the molecule is CC(C)n1ncc2c(C(=O)OCC(=O)Nc3ccc([N+](=O)[O-])cc3Cl)cc(-c3ccccc3)nc21. The number of hydrogen-bond acceptors (Lipinski definition) is 7. The van der Waals surface area contributed by atoms with Crippen molar-refractivity contribution >= 4 is 45.9 Å². The van der Waals surface area contributed by atoms with Crippen LogP contribution in [0.4, 0.5) is 11.4 Å². The minimum absolute atomic E-state index is 0.00659. The molecule has 0 atom stereocenters. The molecule has 4 rings (SSSR count). The number of nitro benzene ring substituents is 1. The van der Waals surface area contributed by atoms with Crippen molar-refractivity contribution in [3.8, 4) is 11.3 Å². The summed E-state index contributed by atoms with van der Waals surface area (Å²) in [5.74, 6) is -1.37. The molecule has 0 spiro atoms. The number of nitro groups is 1. The summed E-state index contributed by atoms with van der Waals surface area (Å²) in [6.07, 6.45) is 1.55. The monoisotopic (exact) mass is 493 g/mol. The lowest BCUT2D eigenvalue weighted by Gasteiger charge is -2.11. The fraction of sp³-hybridized carbons (Fsp3) is 0.167. The van der Waals surface area contributed by atoms with E-state index in [1.165, 1.54) is 12.1 Å². The molecule has 0 bridgehead atoms. The van der Waals surface area contributed by atoms with Gasteiger partial charge in [-0.15, -0.1) is 0 Å². The van der Waals surface area contributed by atoms with Crippen molar-refractivity contribution in [1.29, 1.82) is 0 Å². The van der Waals surface area contributed by atoms with Gasteiger partial charge in [-0.05, 0) is 26.0 Å². The number of rotatable bonds is 7. The van der Waals surface area contributed by atoms with Gasteiger partial charge < -0.3 is 10.1 Å². The van der Waals surface area contributed by atoms with E-state index in [9.17, 15) is 19.7 Å². The van der Waals surface area contributed by atoms with Gasteiger partial charge in [0.1, 0.15) is 0 Å². The third kappa shape index (κ3) is 5.12. The largest absolute Gasteiger partial charge is 0.452 e. The molecule has 4 aromatic rings. The Labute approximate surface area is 204 Å². The molecule has 2 heterocycles. The summed E-state index contributed by atoms with van der Waals surface area (Å²) in [5, 5.41) is 18.2. The van der Waals surface area contributed by atoms with Crippen molar-refractivity contribution in [3.05, 3.63) is 81.5 Å². The molecule has 0 fully saturated rings. The van der Waals surface area contributed by atoms with Crippen LogP contribution in [0, 0.1) is 10.1 Å². The summed E-state index contributed by atoms with van der Waals surface area (Å²) in [6, 6.07) is 14.6. The molecule has 11 heteroatoms. The fourth-order valence-corrected chi connectivity index (χ4v) is 3.66. The molecule has 10 nitrogen and oxygen atoms in total. The number of benzene rings is 2. The van der Waals surface area contributed by atoms with E-state index < -0.39 is 23.4 Å². The number of amides is 1. The number of pyridine rings is 1. The van der Waals surface area contributed by atoms with Crippen LogP contribution < -0.4 is 5.32 Å². The summed E-state index contributed by atoms with van der Waals surface area (Å²) >= 11 is 6.00. The number of esters is 1. The Balaban J connectivity index is 1.56. The van der Waals surface area contributed by atoms with Crippen LogP contribution in [-0.2, 0) is 9.53 Å². The predicted octanol–water partition coefficient (Wildman–Crippen LogP) is 5.04. The fourth-order valence-electron chi connectivity index (χ4n) is 3.44. The molecule has 0 saturated carbocycles. The van der Waals surface area contributed by atoms with Crippen molar-refractivity contribution in [3.63, 3.8) is 0 Å². The second-order valence-electron chi connectivity index (χ2n) is 7.89. The second-order valence-corrected chi connectivity index (χ2v) is 8.29. The topological polar surface area (TPSA) is 129 Å². The lowest BCUT2D eigenvalue weighted by atomic mass is 10.1. The smallest absolute Gasteiger partial charge is 0.339 e. The average Bonchev–Trinajstić information content (AvgIpc) is 3.28. The Morgan fingerprint density at radius 2 is 1.91 bits per heavy atom. The Bertz CT molecular complexity index is 1440. The third-order valence-electron chi connectivity index (χ3n) is 5.12. The van der Waals surface area contributed by atoms with E-state index in [-0.39, 0.29) is 28.0 Å². The lowest BCUT2D eigenvalue weighted by molar-refractivity contribution is -0.384. The standard InChI is InChI=1S/C24H20ClN5O5/c1-14(2)29-23-18(12-26-29)17(11-21(28-23)15-6-4-3-5-7-15)24(32)35-13-22(31)27-20-9-8-16(30(33)34)10-19(20)25/h3-12,14H,13H2,1-2H3,(H,27,31). The second kappa shape index (κ2) is 9.90. The Morgan fingerprint density at radius 3 is 2.57 bits per heavy atom. The van der Waals surface area contributed by atoms with Crippen molar-refractivity contribution in [1.82, 2.24) is 14.8 Å². The van der Waals surface area contributed by atoms with Crippen LogP contribution in [0.5, 0.6) is 0 Å². The number of carbonyl (C=O) groups is 2. The molecule has 1 amide bonds. The van der Waals surface area contributed by atoms with Gasteiger partial charge in [0, 0.05) is 23.7 Å². The number of ether oxygens (including phenoxy) is 1. The number of non-ortho nitro benzene ring substituents is 1. The highest BCUT2D eigenvalue weighted by Gasteiger charge is 2.21. The first-order valence-electron chi connectivity index (χ1n) is 10.6. The van der Waals surface area contributed by atoms with Crippen LogP contribution >= 0.6 is 11.6 Å². The Hall–Kier alpha value is -4.31. The molecule has 0 aliphatic rings. The van der Waals surface area contributed by atoms with Crippen molar-refractivity contribution in [2.75, 3.05) is 11.9 Å². The van der Waals surface area contributed by atoms with Gasteiger partial charge in [0.25, 0.3) is 11.6 Å². The zero-order valence-electron chi connectivity index (χ0n) is 18.8. The van der Waals surface area contributed by atoms with Gasteiger partial charge in [-0.2, -0.15) is 5.10 Å². The van der Waals surface area contributed by atoms with E-state index in [1.807, 2.05) is 44.2 Å². The van der Waals surface area contributed by atoms with Gasteiger partial charge in [0.05, 0.1) is 38.5 Å². The predicted molar refractivity (Wildman–Crippen MR) is 130 cm³/mol. The molecule has 2 aromatic heterocycles. The van der Waals surface area contributed by atoms with Crippen molar-refractivity contribution < 1.29 is 19.2 Å². The minimum atomic E-state index is -0.720. The first kappa shape index (κ1) is 23.8. The van der Waals surface area contributed by atoms with Crippen LogP contribution in [0.25, 0.3) is 22.3 Å². The Morgan fingerprint density at radius 1 is 1.17 bits per heavy atom. The number of nitrogens with one attached hydrogen (secondary N) is 1. The molecule has 0 radical (unpaired) electrons. The summed E-state index contributed by atoms with van der Waals surface area (Å²) in [5.41, 5.74) is 2.07. The zero-order chi connectivity index (χ0) is 25.1. The van der Waals surface area contributed by atoms with Gasteiger partial charge in [0.15, 0.2) is 12.3 Å². The van der Waals surface area contributed by atoms with Crippen molar-refractivity contribution in [2.24, 2.45) is 0 Å². The molecular weight excluding hydrogens is 474 g/mol. The number of fused-ring (bicyclic) bond motifs is 1. The highest BCUT2D eigenvalue weighted by atomic mass is 35.5. The van der Waals surface area contributed by atoms with Gasteiger partial charge in [-0.3, -0.25) is 14.9 Å². The molecule has 0 saturated heterocycles. The average molecular weight is 494 g/mol. The molecule has 0 unspecified atom stereocenters. The normalized spacial score (nSPS) is 11.0. The maximum Gasteiger partial charge on any atom is 0.339 e. The highest BCUT2D eigenvalue weighted by Crippen LogP contribution is 2.28. The molecule has 2 aromatic carbocycles. The first-order valence-corrected chi connectivity index (χ1v) is 11.0. The van der Waals surface area contributed by atoms with Crippen LogP contribution in [0.1, 0.15) is 30.2 Å². The molecule has 178 valence electrons. The van der Waals surface area contributed by atoms with Crippen LogP contribution in [-0.4, -0.2) is 38.2 Å². The first-order chi connectivity index (χ1) is 16.7. The van der Waals surface area contributed by atoms with E-state index in [1.54, 1.807) is 16.9 Å². The van der Waals surface area contributed by atoms with Crippen LogP contribution in [0.2, 0.25) is 5.02 Å². The number of nitrogens with zero attached hydrogens (tertiary/aromatic N) is 4. The minimum Gasteiger partial charge on any atom is -0.452 e. The summed E-state index contributed by atoms with van der Waals surface area (Å²) < 4.78 is 6.98.